The molecule has 3 aromatic rings. The number of nitrogens with zero attached hydrogens (tertiary/aromatic N) is 3. The lowest BCUT2D eigenvalue weighted by molar-refractivity contribution is -0.385. The Bertz CT molecular complexity index is 1180. The Hall–Kier alpha value is -4.48. The molecule has 5 heteroatoms. The molecule has 0 saturated heterocycles. The maximum absolute atomic E-state index is 11.7. The van der Waals surface area contributed by atoms with Crippen LogP contribution < -0.4 is 0 Å². The Morgan fingerprint density at radius 3 is 1.79 bits per heavy atom. The predicted molar refractivity (Wildman–Crippen MR) is 113 cm³/mol. The zero-order chi connectivity index (χ0) is 20.6. The summed E-state index contributed by atoms with van der Waals surface area (Å²) in [6, 6.07) is 27.0. The molecule has 3 rings (SSSR count). The van der Waals surface area contributed by atoms with Crippen LogP contribution in [0.5, 0.6) is 0 Å². The molecule has 29 heavy (non-hydrogen) atoms. The number of hydrogen-bond acceptors (Lipinski definition) is 4. The van der Waals surface area contributed by atoms with Gasteiger partial charge in [-0.1, -0.05) is 66.7 Å². The van der Waals surface area contributed by atoms with Crippen LogP contribution in [0.25, 0.3) is 23.3 Å². The van der Waals surface area contributed by atoms with Crippen molar-refractivity contribution in [3.63, 3.8) is 0 Å². The molecule has 0 aliphatic carbocycles. The minimum Gasteiger partial charge on any atom is -0.258 e. The lowest BCUT2D eigenvalue weighted by Crippen LogP contribution is -1.96. The van der Waals surface area contributed by atoms with Crippen LogP contribution in [0.2, 0.25) is 0 Å². The molecule has 0 unspecified atom stereocenters. The van der Waals surface area contributed by atoms with Gasteiger partial charge >= 0.3 is 0 Å². The van der Waals surface area contributed by atoms with Gasteiger partial charge in [0.1, 0.15) is 6.07 Å². The molecule has 138 valence electrons. The number of allylic oxidation sites excluding steroid dienone is 2. The van der Waals surface area contributed by atoms with Gasteiger partial charge in [-0.2, -0.15) is 10.5 Å². The van der Waals surface area contributed by atoms with Crippen LogP contribution in [0.1, 0.15) is 22.3 Å². The smallest absolute Gasteiger partial charge is 0.258 e. The zero-order valence-electron chi connectivity index (χ0n) is 15.3. The first kappa shape index (κ1) is 19.3. The van der Waals surface area contributed by atoms with Gasteiger partial charge in [-0.05, 0) is 34.9 Å². The lowest BCUT2D eigenvalue weighted by Gasteiger charge is -2.06. The summed E-state index contributed by atoms with van der Waals surface area (Å²) >= 11 is 0. The molecule has 0 bridgehead atoms. The van der Waals surface area contributed by atoms with E-state index in [-0.39, 0.29) is 16.8 Å². The number of nitriles is 2. The van der Waals surface area contributed by atoms with E-state index < -0.39 is 4.92 Å². The first-order valence-electron chi connectivity index (χ1n) is 8.75. The van der Waals surface area contributed by atoms with Crippen molar-refractivity contribution < 1.29 is 4.92 Å². The van der Waals surface area contributed by atoms with E-state index in [1.54, 1.807) is 18.2 Å². The summed E-state index contributed by atoms with van der Waals surface area (Å²) in [6.45, 7) is 0. The Morgan fingerprint density at radius 1 is 0.793 bits per heavy atom. The molecule has 0 aliphatic rings. The molecule has 3 aromatic carbocycles. The Kier molecular flexibility index (Phi) is 5.95. The molecule has 0 saturated carbocycles. The average molecular weight is 377 g/mol. The van der Waals surface area contributed by atoms with E-state index in [0.717, 1.165) is 11.1 Å². The van der Waals surface area contributed by atoms with Crippen LogP contribution in [0, 0.1) is 32.8 Å². The van der Waals surface area contributed by atoms with E-state index >= 15 is 0 Å². The fourth-order valence-corrected chi connectivity index (χ4v) is 2.86. The number of rotatable bonds is 5. The van der Waals surface area contributed by atoms with E-state index in [1.165, 1.54) is 12.1 Å². The van der Waals surface area contributed by atoms with Crippen LogP contribution in [0.3, 0.4) is 0 Å². The van der Waals surface area contributed by atoms with E-state index in [0.29, 0.717) is 11.1 Å². The Labute approximate surface area is 168 Å². The zero-order valence-corrected chi connectivity index (χ0v) is 15.3. The van der Waals surface area contributed by atoms with Gasteiger partial charge < -0.3 is 0 Å². The molecule has 0 aliphatic heterocycles. The average Bonchev–Trinajstić information content (AvgIpc) is 2.77. The van der Waals surface area contributed by atoms with Crippen molar-refractivity contribution in [1.82, 2.24) is 0 Å². The van der Waals surface area contributed by atoms with Gasteiger partial charge in [-0.15, -0.1) is 0 Å². The van der Waals surface area contributed by atoms with Gasteiger partial charge in [-0.3, -0.25) is 10.1 Å². The van der Waals surface area contributed by atoms with Gasteiger partial charge in [0.05, 0.1) is 27.7 Å². The molecule has 0 radical (unpaired) electrons. The van der Waals surface area contributed by atoms with Crippen LogP contribution in [-0.4, -0.2) is 4.92 Å². The molecule has 0 N–H and O–H groups in total. The van der Waals surface area contributed by atoms with Crippen molar-refractivity contribution >= 4 is 29.0 Å². The summed E-state index contributed by atoms with van der Waals surface area (Å²) in [6.07, 6.45) is 3.27. The summed E-state index contributed by atoms with van der Waals surface area (Å²) in [7, 11) is 0. The molecule has 5 nitrogen and oxygen atoms in total. The number of nitro benzene ring substituents is 1. The Balaban J connectivity index is 2.09. The topological polar surface area (TPSA) is 90.7 Å². The SMILES string of the molecule is N#C/C(=C\c1ccccc1)c1ccc(/C(C#N)=C/c2ccccc2)c([N+](=O)[O-])c1. The summed E-state index contributed by atoms with van der Waals surface area (Å²) < 4.78 is 0. The molecule has 0 fully saturated rings. The van der Waals surface area contributed by atoms with Crippen molar-refractivity contribution in [3.8, 4) is 12.1 Å². The predicted octanol–water partition coefficient (Wildman–Crippen LogP) is 5.72. The van der Waals surface area contributed by atoms with E-state index in [4.69, 9.17) is 0 Å². The second-order valence-corrected chi connectivity index (χ2v) is 6.15. The highest BCUT2D eigenvalue weighted by atomic mass is 16.6. The summed E-state index contributed by atoms with van der Waals surface area (Å²) in [4.78, 5) is 11.1. The molecule has 0 atom stereocenters. The van der Waals surface area contributed by atoms with Crippen molar-refractivity contribution in [3.05, 3.63) is 111 Å². The van der Waals surface area contributed by atoms with Crippen LogP contribution in [0.15, 0.2) is 78.9 Å². The molecule has 0 heterocycles. The third kappa shape index (κ3) is 4.63. The highest BCUT2D eigenvalue weighted by Gasteiger charge is 2.19. The highest BCUT2D eigenvalue weighted by Crippen LogP contribution is 2.31. The largest absolute Gasteiger partial charge is 0.278 e. The second-order valence-electron chi connectivity index (χ2n) is 6.15. The number of nitro groups is 1. The normalized spacial score (nSPS) is 11.4. The maximum Gasteiger partial charge on any atom is 0.278 e. The van der Waals surface area contributed by atoms with Gasteiger partial charge in [0.2, 0.25) is 0 Å². The van der Waals surface area contributed by atoms with Crippen molar-refractivity contribution in [2.45, 2.75) is 0 Å². The van der Waals surface area contributed by atoms with E-state index in [1.807, 2.05) is 66.7 Å². The summed E-state index contributed by atoms with van der Waals surface area (Å²) in [5, 5.41) is 30.8. The third-order valence-electron chi connectivity index (χ3n) is 4.26. The van der Waals surface area contributed by atoms with E-state index in [2.05, 4.69) is 6.07 Å². The summed E-state index contributed by atoms with van der Waals surface area (Å²) in [5.41, 5.74) is 2.48. The van der Waals surface area contributed by atoms with Crippen LogP contribution in [-0.2, 0) is 0 Å². The van der Waals surface area contributed by atoms with Crippen molar-refractivity contribution in [2.24, 2.45) is 0 Å². The molecular weight excluding hydrogens is 362 g/mol. The van der Waals surface area contributed by atoms with E-state index in [9.17, 15) is 20.6 Å². The first-order chi connectivity index (χ1) is 14.1. The monoisotopic (exact) mass is 377 g/mol. The quantitative estimate of drug-likeness (QED) is 0.246. The van der Waals surface area contributed by atoms with Gasteiger partial charge in [0.15, 0.2) is 0 Å². The van der Waals surface area contributed by atoms with Gasteiger partial charge in [0.25, 0.3) is 5.69 Å². The lowest BCUT2D eigenvalue weighted by atomic mass is 9.97. The van der Waals surface area contributed by atoms with Crippen molar-refractivity contribution in [1.29, 1.82) is 10.5 Å². The standard InChI is InChI=1S/C24H15N3O2/c25-16-21(13-18-7-3-1-4-8-18)20-11-12-23(24(15-20)27(28)29)22(17-26)14-19-9-5-2-6-10-19/h1-15H/b21-13+,22-14+. The van der Waals surface area contributed by atoms with Gasteiger partial charge in [-0.25, -0.2) is 0 Å². The van der Waals surface area contributed by atoms with Gasteiger partial charge in [0, 0.05) is 6.07 Å². The highest BCUT2D eigenvalue weighted by molar-refractivity contribution is 5.95. The molecular formula is C24H15N3O2. The molecule has 0 aromatic heterocycles. The van der Waals surface area contributed by atoms with Crippen LogP contribution >= 0.6 is 0 Å². The maximum atomic E-state index is 11.7. The minimum absolute atomic E-state index is 0.181. The number of hydrogen-bond donors (Lipinski definition) is 0. The third-order valence-corrected chi connectivity index (χ3v) is 4.26. The number of benzene rings is 3. The van der Waals surface area contributed by atoms with Crippen molar-refractivity contribution in [2.75, 3.05) is 0 Å². The second kappa shape index (κ2) is 8.94. The minimum atomic E-state index is -0.535. The fourth-order valence-electron chi connectivity index (χ4n) is 2.86. The molecule has 0 amide bonds. The Morgan fingerprint density at radius 2 is 1.31 bits per heavy atom. The molecule has 0 spiro atoms. The fraction of sp³-hybridized carbons (Fsp3) is 0. The van der Waals surface area contributed by atoms with Crippen LogP contribution in [0.4, 0.5) is 5.69 Å². The first-order valence-corrected chi connectivity index (χ1v) is 8.75. The summed E-state index contributed by atoms with van der Waals surface area (Å²) in [5.74, 6) is 0.